The van der Waals surface area contributed by atoms with E-state index >= 15 is 0 Å². The molecule has 1 aliphatic rings. The van der Waals surface area contributed by atoms with Crippen LogP contribution < -0.4 is 14.8 Å². The van der Waals surface area contributed by atoms with Gasteiger partial charge in [-0.2, -0.15) is 0 Å². The van der Waals surface area contributed by atoms with Crippen molar-refractivity contribution in [2.24, 2.45) is 0 Å². The maximum Gasteiger partial charge on any atom is 0.338 e. The molecule has 0 aliphatic carbocycles. The monoisotopic (exact) mass is 411 g/mol. The van der Waals surface area contributed by atoms with E-state index in [-0.39, 0.29) is 23.4 Å². The Morgan fingerprint density at radius 2 is 1.93 bits per heavy atom. The summed E-state index contributed by atoms with van der Waals surface area (Å²) in [6.45, 7) is 1.53. The molecule has 1 aliphatic heterocycles. The van der Waals surface area contributed by atoms with Gasteiger partial charge in [0.1, 0.15) is 0 Å². The summed E-state index contributed by atoms with van der Waals surface area (Å²) in [7, 11) is 0. The van der Waals surface area contributed by atoms with E-state index < -0.39 is 18.5 Å². The highest BCUT2D eigenvalue weighted by Crippen LogP contribution is 2.39. The third kappa shape index (κ3) is 3.98. The van der Waals surface area contributed by atoms with E-state index in [1.165, 1.54) is 12.1 Å². The van der Waals surface area contributed by atoms with Gasteiger partial charge in [0.15, 0.2) is 18.1 Å². The highest BCUT2D eigenvalue weighted by molar-refractivity contribution is 6.32. The van der Waals surface area contributed by atoms with E-state index in [4.69, 9.17) is 25.8 Å². The summed E-state index contributed by atoms with van der Waals surface area (Å²) in [4.78, 5) is 24.6. The Morgan fingerprint density at radius 3 is 2.79 bits per heavy atom. The second-order valence-corrected chi connectivity index (χ2v) is 7.03. The van der Waals surface area contributed by atoms with Gasteiger partial charge < -0.3 is 19.5 Å². The number of esters is 1. The van der Waals surface area contributed by atoms with Gasteiger partial charge in [-0.15, -0.1) is 0 Å². The van der Waals surface area contributed by atoms with Gasteiger partial charge in [0.25, 0.3) is 5.91 Å². The van der Waals surface area contributed by atoms with E-state index in [0.717, 1.165) is 16.3 Å². The second kappa shape index (κ2) is 8.01. The van der Waals surface area contributed by atoms with E-state index in [1.54, 1.807) is 0 Å². The second-order valence-electron chi connectivity index (χ2n) is 6.63. The van der Waals surface area contributed by atoms with Crippen LogP contribution in [0, 0.1) is 0 Å². The number of amides is 1. The molecule has 0 unspecified atom stereocenters. The zero-order chi connectivity index (χ0) is 20.4. The molecule has 0 bridgehead atoms. The molecule has 148 valence electrons. The molecule has 1 amide bonds. The Morgan fingerprint density at radius 1 is 1.14 bits per heavy atom. The molecular weight excluding hydrogens is 394 g/mol. The van der Waals surface area contributed by atoms with Gasteiger partial charge in [-0.1, -0.05) is 54.1 Å². The van der Waals surface area contributed by atoms with Gasteiger partial charge in [-0.3, -0.25) is 4.79 Å². The Labute approximate surface area is 172 Å². The van der Waals surface area contributed by atoms with Crippen LogP contribution in [0.5, 0.6) is 11.5 Å². The average Bonchev–Trinajstić information content (AvgIpc) is 3.21. The lowest BCUT2D eigenvalue weighted by Gasteiger charge is -2.16. The summed E-state index contributed by atoms with van der Waals surface area (Å²) in [6, 6.07) is 16.6. The SMILES string of the molecule is C[C@@H](NC(=O)COC(=O)c1cc(Cl)c2c(c1)OCO2)c1cccc2ccccc12. The molecule has 0 aromatic heterocycles. The number of carbonyl (C=O) groups excluding carboxylic acids is 2. The van der Waals surface area contributed by atoms with Crippen molar-refractivity contribution in [3.63, 3.8) is 0 Å². The van der Waals surface area contributed by atoms with Crippen molar-refractivity contribution >= 4 is 34.2 Å². The van der Waals surface area contributed by atoms with Crippen LogP contribution in [0.4, 0.5) is 0 Å². The molecule has 3 aromatic carbocycles. The van der Waals surface area contributed by atoms with Crippen LogP contribution in [0.3, 0.4) is 0 Å². The minimum absolute atomic E-state index is 0.0437. The number of halogens is 1. The first kappa shape index (κ1) is 19.1. The van der Waals surface area contributed by atoms with Crippen LogP contribution in [-0.2, 0) is 9.53 Å². The van der Waals surface area contributed by atoms with E-state index in [2.05, 4.69) is 5.32 Å². The smallest absolute Gasteiger partial charge is 0.338 e. The van der Waals surface area contributed by atoms with Crippen molar-refractivity contribution in [3.05, 3.63) is 70.7 Å². The predicted molar refractivity (Wildman–Crippen MR) is 108 cm³/mol. The van der Waals surface area contributed by atoms with Gasteiger partial charge in [0.2, 0.25) is 6.79 Å². The first-order valence-corrected chi connectivity index (χ1v) is 9.44. The summed E-state index contributed by atoms with van der Waals surface area (Å²) in [5.41, 5.74) is 1.18. The topological polar surface area (TPSA) is 73.9 Å². The summed E-state index contributed by atoms with van der Waals surface area (Å²) in [5, 5.41) is 5.27. The molecule has 3 aromatic rings. The number of hydrogen-bond acceptors (Lipinski definition) is 5. The number of ether oxygens (including phenoxy) is 3. The highest BCUT2D eigenvalue weighted by Gasteiger charge is 2.22. The van der Waals surface area contributed by atoms with Crippen LogP contribution >= 0.6 is 11.6 Å². The van der Waals surface area contributed by atoms with Crippen LogP contribution in [-0.4, -0.2) is 25.3 Å². The fourth-order valence-corrected chi connectivity index (χ4v) is 3.55. The summed E-state index contributed by atoms with van der Waals surface area (Å²) < 4.78 is 15.6. The van der Waals surface area contributed by atoms with Gasteiger partial charge in [0.05, 0.1) is 16.6 Å². The Hall–Kier alpha value is -3.25. The Balaban J connectivity index is 1.39. The number of nitrogens with one attached hydrogen (secondary N) is 1. The Bertz CT molecular complexity index is 1090. The minimum Gasteiger partial charge on any atom is -0.454 e. The van der Waals surface area contributed by atoms with Gasteiger partial charge in [0, 0.05) is 0 Å². The van der Waals surface area contributed by atoms with Crippen molar-refractivity contribution in [1.29, 1.82) is 0 Å². The van der Waals surface area contributed by atoms with Crippen LogP contribution in [0.2, 0.25) is 5.02 Å². The van der Waals surface area contributed by atoms with Crippen molar-refractivity contribution in [2.75, 3.05) is 13.4 Å². The molecule has 1 N–H and O–H groups in total. The van der Waals surface area contributed by atoms with Crippen molar-refractivity contribution < 1.29 is 23.8 Å². The predicted octanol–water partition coefficient (Wildman–Crippen LogP) is 4.26. The van der Waals surface area contributed by atoms with Crippen LogP contribution in [0.1, 0.15) is 28.9 Å². The minimum atomic E-state index is -0.668. The van der Waals surface area contributed by atoms with Gasteiger partial charge in [-0.25, -0.2) is 4.79 Å². The largest absolute Gasteiger partial charge is 0.454 e. The molecule has 0 spiro atoms. The Kier molecular flexibility index (Phi) is 5.27. The molecule has 0 radical (unpaired) electrons. The number of benzene rings is 3. The van der Waals surface area contributed by atoms with Crippen molar-refractivity contribution in [1.82, 2.24) is 5.32 Å². The molecule has 0 fully saturated rings. The highest BCUT2D eigenvalue weighted by atomic mass is 35.5. The number of rotatable bonds is 5. The van der Waals surface area contributed by atoms with Crippen LogP contribution in [0.25, 0.3) is 10.8 Å². The van der Waals surface area contributed by atoms with E-state index in [0.29, 0.717) is 11.5 Å². The zero-order valence-electron chi connectivity index (χ0n) is 15.6. The molecule has 6 nitrogen and oxygen atoms in total. The summed E-state index contributed by atoms with van der Waals surface area (Å²) in [6.07, 6.45) is 0. The molecule has 1 atom stereocenters. The third-order valence-electron chi connectivity index (χ3n) is 4.66. The van der Waals surface area contributed by atoms with Crippen molar-refractivity contribution in [3.8, 4) is 11.5 Å². The summed E-state index contributed by atoms with van der Waals surface area (Å²) >= 11 is 6.07. The average molecular weight is 412 g/mol. The molecule has 1 heterocycles. The fraction of sp³-hybridized carbons (Fsp3) is 0.182. The molecule has 29 heavy (non-hydrogen) atoms. The lowest BCUT2D eigenvalue weighted by Crippen LogP contribution is -2.31. The molecule has 0 saturated heterocycles. The molecular formula is C22H18ClNO5. The van der Waals surface area contributed by atoms with E-state index in [1.807, 2.05) is 49.4 Å². The zero-order valence-corrected chi connectivity index (χ0v) is 16.4. The van der Waals surface area contributed by atoms with E-state index in [9.17, 15) is 9.59 Å². The quantitative estimate of drug-likeness (QED) is 0.635. The fourth-order valence-electron chi connectivity index (χ4n) is 3.29. The van der Waals surface area contributed by atoms with Crippen molar-refractivity contribution in [2.45, 2.75) is 13.0 Å². The maximum atomic E-state index is 12.3. The van der Waals surface area contributed by atoms with Gasteiger partial charge >= 0.3 is 5.97 Å². The van der Waals surface area contributed by atoms with Gasteiger partial charge in [-0.05, 0) is 35.4 Å². The first-order chi connectivity index (χ1) is 14.0. The molecule has 0 saturated carbocycles. The lowest BCUT2D eigenvalue weighted by atomic mass is 10.00. The normalized spacial score (nSPS) is 13.2. The number of fused-ring (bicyclic) bond motifs is 2. The first-order valence-electron chi connectivity index (χ1n) is 9.06. The maximum absolute atomic E-state index is 12.3. The number of hydrogen-bond donors (Lipinski definition) is 1. The molecule has 4 rings (SSSR count). The third-order valence-corrected chi connectivity index (χ3v) is 4.95. The number of carbonyl (C=O) groups is 2. The lowest BCUT2D eigenvalue weighted by molar-refractivity contribution is -0.124. The van der Waals surface area contributed by atoms with Crippen LogP contribution in [0.15, 0.2) is 54.6 Å². The standard InChI is InChI=1S/C22H18ClNO5/c1-13(16-8-4-6-14-5-2-3-7-17(14)16)24-20(25)11-27-22(26)15-9-18(23)21-19(10-15)28-12-29-21/h2-10,13H,11-12H2,1H3,(H,24,25)/t13-/m1/s1. The summed E-state index contributed by atoms with van der Waals surface area (Å²) in [5.74, 6) is -0.299. The molecule has 7 heteroatoms.